The van der Waals surface area contributed by atoms with Crippen LogP contribution in [-0.4, -0.2) is 25.9 Å². The van der Waals surface area contributed by atoms with Crippen molar-refractivity contribution in [2.45, 2.75) is 27.3 Å². The first-order chi connectivity index (χ1) is 10.2. The second-order valence-corrected chi connectivity index (χ2v) is 4.77. The normalized spacial score (nSPS) is 11.0. The maximum atomic E-state index is 5.56. The Kier molecular flexibility index (Phi) is 3.47. The summed E-state index contributed by atoms with van der Waals surface area (Å²) >= 11 is 0. The molecule has 110 valence electrons. The molecule has 0 saturated carbocycles. The fraction of sp³-hybridized carbons (Fsp3) is 0.357. The highest BCUT2D eigenvalue weighted by Gasteiger charge is 2.10. The number of rotatable bonds is 5. The second kappa shape index (κ2) is 5.43. The number of fused-ring (bicyclic) bond motifs is 1. The smallest absolute Gasteiger partial charge is 0.213 e. The lowest BCUT2D eigenvalue weighted by atomic mass is 10.4. The third kappa shape index (κ3) is 2.67. The lowest BCUT2D eigenvalue weighted by Gasteiger charge is -2.09. The van der Waals surface area contributed by atoms with Gasteiger partial charge in [-0.3, -0.25) is 0 Å². The average Bonchev–Trinajstić information content (AvgIpc) is 3.04. The predicted molar refractivity (Wildman–Crippen MR) is 80.5 cm³/mol. The van der Waals surface area contributed by atoms with E-state index in [0.717, 1.165) is 29.5 Å². The zero-order valence-corrected chi connectivity index (χ0v) is 12.3. The maximum Gasteiger partial charge on any atom is 0.213 e. The molecule has 3 aromatic rings. The van der Waals surface area contributed by atoms with E-state index in [1.54, 1.807) is 6.20 Å². The van der Waals surface area contributed by atoms with Gasteiger partial charge in [-0.25, -0.2) is 15.0 Å². The number of anilines is 2. The molecule has 0 spiro atoms. The van der Waals surface area contributed by atoms with Gasteiger partial charge in [-0.2, -0.15) is 0 Å². The Morgan fingerprint density at radius 2 is 2.10 bits per heavy atom. The van der Waals surface area contributed by atoms with E-state index >= 15 is 0 Å². The van der Waals surface area contributed by atoms with Crippen molar-refractivity contribution >= 4 is 17.3 Å². The SMILES string of the molecule is CCNc1cn2ccnc2c(NCc2nc(C)c(C)o2)n1. The molecule has 0 fully saturated rings. The molecule has 0 atom stereocenters. The Labute approximate surface area is 122 Å². The van der Waals surface area contributed by atoms with Crippen molar-refractivity contribution in [3.8, 4) is 0 Å². The molecule has 0 amide bonds. The third-order valence-corrected chi connectivity index (χ3v) is 3.21. The van der Waals surface area contributed by atoms with Gasteiger partial charge in [-0.05, 0) is 20.8 Å². The molecule has 2 N–H and O–H groups in total. The van der Waals surface area contributed by atoms with E-state index in [1.165, 1.54) is 0 Å². The van der Waals surface area contributed by atoms with Crippen LogP contribution in [0.2, 0.25) is 0 Å². The quantitative estimate of drug-likeness (QED) is 0.749. The summed E-state index contributed by atoms with van der Waals surface area (Å²) in [6.45, 7) is 7.15. The molecule has 0 aromatic carbocycles. The van der Waals surface area contributed by atoms with Crippen molar-refractivity contribution in [1.29, 1.82) is 0 Å². The van der Waals surface area contributed by atoms with Crippen LogP contribution in [0.5, 0.6) is 0 Å². The summed E-state index contributed by atoms with van der Waals surface area (Å²) in [5, 5.41) is 6.44. The van der Waals surface area contributed by atoms with Crippen molar-refractivity contribution in [2.24, 2.45) is 0 Å². The Balaban J connectivity index is 1.86. The summed E-state index contributed by atoms with van der Waals surface area (Å²) in [5.74, 6) is 2.98. The molecular weight excluding hydrogens is 268 g/mol. The van der Waals surface area contributed by atoms with E-state index in [-0.39, 0.29) is 0 Å². The summed E-state index contributed by atoms with van der Waals surface area (Å²) in [6.07, 6.45) is 5.55. The molecule has 3 aromatic heterocycles. The zero-order valence-electron chi connectivity index (χ0n) is 12.3. The topological polar surface area (TPSA) is 80.3 Å². The Morgan fingerprint density at radius 1 is 1.24 bits per heavy atom. The molecule has 0 aliphatic heterocycles. The molecule has 0 saturated heterocycles. The van der Waals surface area contributed by atoms with Crippen LogP contribution < -0.4 is 10.6 Å². The van der Waals surface area contributed by atoms with E-state index in [4.69, 9.17) is 4.42 Å². The van der Waals surface area contributed by atoms with Gasteiger partial charge in [0.25, 0.3) is 0 Å². The van der Waals surface area contributed by atoms with Crippen molar-refractivity contribution in [1.82, 2.24) is 19.4 Å². The van der Waals surface area contributed by atoms with Crippen LogP contribution in [0, 0.1) is 13.8 Å². The van der Waals surface area contributed by atoms with Gasteiger partial charge < -0.3 is 19.5 Å². The van der Waals surface area contributed by atoms with Gasteiger partial charge in [0.15, 0.2) is 11.5 Å². The Hall–Kier alpha value is -2.57. The standard InChI is InChI=1S/C14H18N6O/c1-4-15-11-8-20-6-5-16-14(20)13(19-11)17-7-12-18-9(2)10(3)21-12/h5-6,8,15H,4,7H2,1-3H3,(H,17,19). The molecule has 21 heavy (non-hydrogen) atoms. The van der Waals surface area contributed by atoms with Crippen molar-refractivity contribution in [3.63, 3.8) is 0 Å². The van der Waals surface area contributed by atoms with Crippen LogP contribution in [0.25, 0.3) is 5.65 Å². The van der Waals surface area contributed by atoms with E-state index in [0.29, 0.717) is 18.3 Å². The summed E-state index contributed by atoms with van der Waals surface area (Å²) in [5.41, 5.74) is 1.68. The van der Waals surface area contributed by atoms with Crippen molar-refractivity contribution in [3.05, 3.63) is 35.9 Å². The molecule has 0 aliphatic rings. The highest BCUT2D eigenvalue weighted by Crippen LogP contribution is 2.17. The summed E-state index contributed by atoms with van der Waals surface area (Å²) in [7, 11) is 0. The van der Waals surface area contributed by atoms with Gasteiger partial charge in [-0.1, -0.05) is 0 Å². The predicted octanol–water partition coefficient (Wildman–Crippen LogP) is 2.38. The number of nitrogens with one attached hydrogen (secondary N) is 2. The molecule has 7 heteroatoms. The summed E-state index contributed by atoms with van der Waals surface area (Å²) in [6, 6.07) is 0. The summed E-state index contributed by atoms with van der Waals surface area (Å²) in [4.78, 5) is 13.2. The molecule has 0 unspecified atom stereocenters. The van der Waals surface area contributed by atoms with Crippen molar-refractivity contribution in [2.75, 3.05) is 17.2 Å². The molecule has 0 aliphatic carbocycles. The van der Waals surface area contributed by atoms with Crippen LogP contribution >= 0.6 is 0 Å². The third-order valence-electron chi connectivity index (χ3n) is 3.21. The van der Waals surface area contributed by atoms with Gasteiger partial charge in [-0.15, -0.1) is 0 Å². The van der Waals surface area contributed by atoms with Gasteiger partial charge in [0.1, 0.15) is 11.6 Å². The highest BCUT2D eigenvalue weighted by atomic mass is 16.4. The first-order valence-electron chi connectivity index (χ1n) is 6.91. The van der Waals surface area contributed by atoms with Gasteiger partial charge in [0.05, 0.1) is 18.4 Å². The Bertz CT molecular complexity index is 741. The van der Waals surface area contributed by atoms with E-state index in [2.05, 4.69) is 25.6 Å². The zero-order chi connectivity index (χ0) is 14.8. The number of aromatic nitrogens is 4. The lowest BCUT2D eigenvalue weighted by Crippen LogP contribution is -2.07. The van der Waals surface area contributed by atoms with Crippen molar-refractivity contribution < 1.29 is 4.42 Å². The number of nitrogens with zero attached hydrogens (tertiary/aromatic N) is 4. The summed E-state index contributed by atoms with van der Waals surface area (Å²) < 4.78 is 7.49. The van der Waals surface area contributed by atoms with Gasteiger partial charge >= 0.3 is 0 Å². The molecule has 7 nitrogen and oxygen atoms in total. The number of hydrogen-bond acceptors (Lipinski definition) is 6. The molecular formula is C14H18N6O. The minimum absolute atomic E-state index is 0.472. The minimum atomic E-state index is 0.472. The number of hydrogen-bond donors (Lipinski definition) is 2. The second-order valence-electron chi connectivity index (χ2n) is 4.77. The minimum Gasteiger partial charge on any atom is -0.444 e. The largest absolute Gasteiger partial charge is 0.444 e. The lowest BCUT2D eigenvalue weighted by molar-refractivity contribution is 0.478. The van der Waals surface area contributed by atoms with Gasteiger partial charge in [0.2, 0.25) is 5.89 Å². The average molecular weight is 286 g/mol. The first-order valence-corrected chi connectivity index (χ1v) is 6.91. The van der Waals surface area contributed by atoms with Crippen LogP contribution in [0.3, 0.4) is 0 Å². The van der Waals surface area contributed by atoms with E-state index < -0.39 is 0 Å². The number of aryl methyl sites for hydroxylation is 2. The van der Waals surface area contributed by atoms with E-state index in [1.807, 2.05) is 37.6 Å². The van der Waals surface area contributed by atoms with Crippen LogP contribution in [0.4, 0.5) is 11.6 Å². The maximum absolute atomic E-state index is 5.56. The number of oxazole rings is 1. The first kappa shape index (κ1) is 13.4. The molecule has 3 heterocycles. The van der Waals surface area contributed by atoms with Crippen LogP contribution in [-0.2, 0) is 6.54 Å². The fourth-order valence-corrected chi connectivity index (χ4v) is 2.09. The molecule has 3 rings (SSSR count). The van der Waals surface area contributed by atoms with Crippen LogP contribution in [0.1, 0.15) is 24.3 Å². The monoisotopic (exact) mass is 286 g/mol. The Morgan fingerprint density at radius 3 is 2.81 bits per heavy atom. The molecule has 0 bridgehead atoms. The van der Waals surface area contributed by atoms with E-state index in [9.17, 15) is 0 Å². The van der Waals surface area contributed by atoms with Crippen LogP contribution in [0.15, 0.2) is 23.0 Å². The number of imidazole rings is 1. The molecule has 0 radical (unpaired) electrons. The van der Waals surface area contributed by atoms with Gasteiger partial charge in [0, 0.05) is 18.9 Å². The fourth-order valence-electron chi connectivity index (χ4n) is 2.09. The highest BCUT2D eigenvalue weighted by molar-refractivity contribution is 5.65.